The van der Waals surface area contributed by atoms with Crippen LogP contribution >= 0.6 is 0 Å². The van der Waals surface area contributed by atoms with E-state index in [4.69, 9.17) is 5.73 Å². The number of rotatable bonds is 6. The van der Waals surface area contributed by atoms with Crippen molar-refractivity contribution in [1.82, 2.24) is 0 Å². The van der Waals surface area contributed by atoms with Crippen LogP contribution in [0.4, 0.5) is 0 Å². The van der Waals surface area contributed by atoms with Gasteiger partial charge in [0.15, 0.2) is 0 Å². The lowest BCUT2D eigenvalue weighted by atomic mass is 9.72. The molecule has 0 atom stereocenters. The van der Waals surface area contributed by atoms with Crippen LogP contribution in [0.3, 0.4) is 0 Å². The number of aryl methyl sites for hydroxylation is 1. The molecule has 0 aromatic heterocycles. The molecule has 18 heavy (non-hydrogen) atoms. The van der Waals surface area contributed by atoms with Gasteiger partial charge in [0.1, 0.15) is 0 Å². The summed E-state index contributed by atoms with van der Waals surface area (Å²) in [6, 6.07) is 10.5. The van der Waals surface area contributed by atoms with Crippen molar-refractivity contribution in [2.24, 2.45) is 16.6 Å². The number of benzene rings is 1. The fourth-order valence-electron chi connectivity index (χ4n) is 2.50. The minimum atomic E-state index is -0.430. The highest BCUT2D eigenvalue weighted by Crippen LogP contribution is 2.36. The lowest BCUT2D eigenvalue weighted by Crippen LogP contribution is -2.35. The van der Waals surface area contributed by atoms with E-state index in [0.717, 1.165) is 19.3 Å². The minimum Gasteiger partial charge on any atom is -0.369 e. The van der Waals surface area contributed by atoms with Crippen molar-refractivity contribution >= 4 is 5.91 Å². The van der Waals surface area contributed by atoms with Crippen LogP contribution in [0.25, 0.3) is 0 Å². The van der Waals surface area contributed by atoms with Crippen molar-refractivity contribution in [2.45, 2.75) is 47.0 Å². The van der Waals surface area contributed by atoms with Gasteiger partial charge in [-0.25, -0.2) is 0 Å². The van der Waals surface area contributed by atoms with E-state index in [1.54, 1.807) is 0 Å². The van der Waals surface area contributed by atoms with Crippen molar-refractivity contribution < 1.29 is 4.79 Å². The molecule has 0 aliphatic rings. The van der Waals surface area contributed by atoms with E-state index in [1.807, 2.05) is 19.9 Å². The maximum Gasteiger partial charge on any atom is 0.223 e. The summed E-state index contributed by atoms with van der Waals surface area (Å²) in [5.41, 5.74) is 6.48. The van der Waals surface area contributed by atoms with E-state index in [0.29, 0.717) is 0 Å². The van der Waals surface area contributed by atoms with Gasteiger partial charge in [0.2, 0.25) is 5.91 Å². The number of amides is 1. The topological polar surface area (TPSA) is 43.1 Å². The van der Waals surface area contributed by atoms with Crippen LogP contribution < -0.4 is 5.73 Å². The Hall–Kier alpha value is -1.31. The van der Waals surface area contributed by atoms with Gasteiger partial charge in [0, 0.05) is 5.41 Å². The molecule has 0 unspecified atom stereocenters. The number of hydrogen-bond donors (Lipinski definition) is 1. The highest BCUT2D eigenvalue weighted by Gasteiger charge is 2.32. The highest BCUT2D eigenvalue weighted by molar-refractivity contribution is 5.79. The first-order valence-electron chi connectivity index (χ1n) is 6.57. The summed E-state index contributed by atoms with van der Waals surface area (Å²) in [6.07, 6.45) is 2.93. The van der Waals surface area contributed by atoms with E-state index in [9.17, 15) is 4.79 Å². The molecule has 1 aromatic rings. The van der Waals surface area contributed by atoms with E-state index in [2.05, 4.69) is 38.1 Å². The second kappa shape index (κ2) is 5.55. The second-order valence-corrected chi connectivity index (χ2v) is 6.57. The van der Waals surface area contributed by atoms with E-state index < -0.39 is 5.41 Å². The zero-order valence-electron chi connectivity index (χ0n) is 12.0. The zero-order chi connectivity index (χ0) is 13.8. The van der Waals surface area contributed by atoms with Crippen LogP contribution in [-0.4, -0.2) is 5.91 Å². The summed E-state index contributed by atoms with van der Waals surface area (Å²) in [6.45, 7) is 8.28. The predicted molar refractivity (Wildman–Crippen MR) is 76.1 cm³/mol. The van der Waals surface area contributed by atoms with E-state index in [-0.39, 0.29) is 11.3 Å². The highest BCUT2D eigenvalue weighted by atomic mass is 16.1. The standard InChI is InChI=1S/C16H25NO/c1-15(2,12-16(3,4)14(17)18)11-10-13-8-6-5-7-9-13/h5-9H,10-12H2,1-4H3,(H2,17,18). The van der Waals surface area contributed by atoms with Gasteiger partial charge >= 0.3 is 0 Å². The average Bonchev–Trinajstić information content (AvgIpc) is 2.26. The Morgan fingerprint density at radius 1 is 1.11 bits per heavy atom. The average molecular weight is 247 g/mol. The smallest absolute Gasteiger partial charge is 0.223 e. The summed E-state index contributed by atoms with van der Waals surface area (Å²) >= 11 is 0. The lowest BCUT2D eigenvalue weighted by molar-refractivity contribution is -0.127. The van der Waals surface area contributed by atoms with Crippen molar-refractivity contribution in [1.29, 1.82) is 0 Å². The number of primary amides is 1. The molecular weight excluding hydrogens is 222 g/mol. The molecular formula is C16H25NO. The molecule has 1 aromatic carbocycles. The molecule has 2 nitrogen and oxygen atoms in total. The quantitative estimate of drug-likeness (QED) is 0.820. The van der Waals surface area contributed by atoms with E-state index in [1.165, 1.54) is 5.56 Å². The third kappa shape index (κ3) is 4.52. The molecule has 0 aliphatic heterocycles. The van der Waals surface area contributed by atoms with Gasteiger partial charge in [-0.15, -0.1) is 0 Å². The largest absolute Gasteiger partial charge is 0.369 e. The van der Waals surface area contributed by atoms with Gasteiger partial charge in [-0.2, -0.15) is 0 Å². The van der Waals surface area contributed by atoms with Gasteiger partial charge in [-0.3, -0.25) is 4.79 Å². The molecule has 0 heterocycles. The first-order chi connectivity index (χ1) is 8.23. The Labute approximate surface area is 111 Å². The van der Waals surface area contributed by atoms with Crippen LogP contribution in [0, 0.1) is 10.8 Å². The van der Waals surface area contributed by atoms with Crippen LogP contribution in [-0.2, 0) is 11.2 Å². The first kappa shape index (κ1) is 14.7. The minimum absolute atomic E-state index is 0.119. The fraction of sp³-hybridized carbons (Fsp3) is 0.562. The van der Waals surface area contributed by atoms with Crippen molar-refractivity contribution in [2.75, 3.05) is 0 Å². The second-order valence-electron chi connectivity index (χ2n) is 6.57. The summed E-state index contributed by atoms with van der Waals surface area (Å²) in [5, 5.41) is 0. The molecule has 1 amide bonds. The fourth-order valence-corrected chi connectivity index (χ4v) is 2.50. The van der Waals surface area contributed by atoms with Crippen LogP contribution in [0.15, 0.2) is 30.3 Å². The Kier molecular flexibility index (Phi) is 4.55. The zero-order valence-corrected chi connectivity index (χ0v) is 12.0. The normalized spacial score (nSPS) is 12.4. The monoisotopic (exact) mass is 247 g/mol. The molecule has 2 heteroatoms. The molecule has 100 valence electrons. The molecule has 0 aliphatic carbocycles. The third-order valence-electron chi connectivity index (χ3n) is 3.52. The Morgan fingerprint density at radius 3 is 2.17 bits per heavy atom. The van der Waals surface area contributed by atoms with Crippen LogP contribution in [0.2, 0.25) is 0 Å². The predicted octanol–water partition coefficient (Wildman–Crippen LogP) is 3.55. The Balaban J connectivity index is 2.57. The molecule has 0 radical (unpaired) electrons. The maximum absolute atomic E-state index is 11.4. The van der Waals surface area contributed by atoms with Gasteiger partial charge < -0.3 is 5.73 Å². The molecule has 2 N–H and O–H groups in total. The number of nitrogens with two attached hydrogens (primary N) is 1. The Bertz CT molecular complexity index is 393. The van der Waals surface area contributed by atoms with Crippen molar-refractivity contribution in [3.8, 4) is 0 Å². The van der Waals surface area contributed by atoms with Crippen molar-refractivity contribution in [3.05, 3.63) is 35.9 Å². The van der Waals surface area contributed by atoms with Gasteiger partial charge in [-0.05, 0) is 30.2 Å². The summed E-state index contributed by atoms with van der Waals surface area (Å²) in [5.74, 6) is -0.213. The lowest BCUT2D eigenvalue weighted by Gasteiger charge is -2.33. The summed E-state index contributed by atoms with van der Waals surface area (Å²) < 4.78 is 0. The molecule has 0 fully saturated rings. The molecule has 0 saturated carbocycles. The van der Waals surface area contributed by atoms with E-state index >= 15 is 0 Å². The summed E-state index contributed by atoms with van der Waals surface area (Å²) in [4.78, 5) is 11.4. The maximum atomic E-state index is 11.4. The third-order valence-corrected chi connectivity index (χ3v) is 3.52. The van der Waals surface area contributed by atoms with Gasteiger partial charge in [-0.1, -0.05) is 58.0 Å². The number of hydrogen-bond acceptors (Lipinski definition) is 1. The van der Waals surface area contributed by atoms with Crippen LogP contribution in [0.1, 0.15) is 46.1 Å². The summed E-state index contributed by atoms with van der Waals surface area (Å²) in [7, 11) is 0. The first-order valence-corrected chi connectivity index (χ1v) is 6.57. The molecule has 0 spiro atoms. The number of carbonyl (C=O) groups is 1. The van der Waals surface area contributed by atoms with Gasteiger partial charge in [0.05, 0.1) is 0 Å². The molecule has 0 bridgehead atoms. The van der Waals surface area contributed by atoms with Gasteiger partial charge in [0.25, 0.3) is 0 Å². The Morgan fingerprint density at radius 2 is 1.67 bits per heavy atom. The SMILES string of the molecule is CC(C)(CCc1ccccc1)CC(C)(C)C(N)=O. The molecule has 1 rings (SSSR count). The molecule has 0 saturated heterocycles. The van der Waals surface area contributed by atoms with Crippen molar-refractivity contribution in [3.63, 3.8) is 0 Å². The number of carbonyl (C=O) groups excluding carboxylic acids is 1. The van der Waals surface area contributed by atoms with Crippen LogP contribution in [0.5, 0.6) is 0 Å².